The van der Waals surface area contributed by atoms with Gasteiger partial charge in [-0.2, -0.15) is 0 Å². The number of amides is 1. The maximum absolute atomic E-state index is 13.4. The van der Waals surface area contributed by atoms with Gasteiger partial charge in [0.2, 0.25) is 0 Å². The zero-order valence-electron chi connectivity index (χ0n) is 25.0. The lowest BCUT2D eigenvalue weighted by Crippen LogP contribution is -2.22. The molecule has 0 bridgehead atoms. The largest absolute Gasteiger partial charge is 0.391 e. The van der Waals surface area contributed by atoms with E-state index >= 15 is 0 Å². The fourth-order valence-corrected chi connectivity index (χ4v) is 6.45. The fraction of sp³-hybridized carbons (Fsp3) is 0.429. The number of fused-ring (bicyclic) bond motifs is 1. The van der Waals surface area contributed by atoms with Crippen LogP contribution in [0.2, 0.25) is 0 Å². The third-order valence-corrected chi connectivity index (χ3v) is 9.18. The number of allylic oxidation sites excluding steroid dienone is 9. The van der Waals surface area contributed by atoms with Gasteiger partial charge in [-0.3, -0.25) is 4.79 Å². The molecule has 1 amide bonds. The molecule has 4 nitrogen and oxygen atoms in total. The summed E-state index contributed by atoms with van der Waals surface area (Å²) in [6.45, 7) is 18.3. The molecule has 2 aliphatic carbocycles. The van der Waals surface area contributed by atoms with E-state index in [1.165, 1.54) is 34.1 Å². The Bertz CT molecular complexity index is 1360. The van der Waals surface area contributed by atoms with E-state index in [0.29, 0.717) is 11.8 Å². The first-order valence-corrected chi connectivity index (χ1v) is 14.6. The summed E-state index contributed by atoms with van der Waals surface area (Å²) in [6.07, 6.45) is 12.2. The predicted molar refractivity (Wildman–Crippen MR) is 164 cm³/mol. The summed E-state index contributed by atoms with van der Waals surface area (Å²) < 4.78 is 0. The Morgan fingerprint density at radius 3 is 2.46 bits per heavy atom. The highest BCUT2D eigenvalue weighted by molar-refractivity contribution is 6.06. The third kappa shape index (κ3) is 5.26. The van der Waals surface area contributed by atoms with Gasteiger partial charge in [-0.25, -0.2) is 0 Å². The quantitative estimate of drug-likeness (QED) is 0.242. The minimum absolute atomic E-state index is 0.0227. The highest BCUT2D eigenvalue weighted by Gasteiger charge is 2.36. The normalized spacial score (nSPS) is 26.4. The average molecular weight is 524 g/mol. The molecule has 1 saturated heterocycles. The Labute approximate surface area is 235 Å². The average Bonchev–Trinajstić information content (AvgIpc) is 3.24. The summed E-state index contributed by atoms with van der Waals surface area (Å²) in [5.41, 5.74) is 12.4. The van der Waals surface area contributed by atoms with Gasteiger partial charge in [0.1, 0.15) is 0 Å². The maximum atomic E-state index is 13.4. The van der Waals surface area contributed by atoms with Crippen molar-refractivity contribution in [2.24, 2.45) is 17.8 Å². The Kier molecular flexibility index (Phi) is 8.64. The molecule has 1 aromatic rings. The molecular weight excluding hydrogens is 478 g/mol. The Morgan fingerprint density at radius 2 is 1.82 bits per heavy atom. The van der Waals surface area contributed by atoms with Gasteiger partial charge in [-0.1, -0.05) is 63.6 Å². The number of hydrogen-bond acceptors (Lipinski definition) is 3. The first kappa shape index (κ1) is 28.6. The highest BCUT2D eigenvalue weighted by Crippen LogP contribution is 2.45. The number of rotatable bonds is 8. The third-order valence-electron chi connectivity index (χ3n) is 9.18. The molecule has 1 fully saturated rings. The molecule has 0 aromatic heterocycles. The summed E-state index contributed by atoms with van der Waals surface area (Å²) in [5, 5.41) is 14.6. The van der Waals surface area contributed by atoms with Crippen molar-refractivity contribution >= 4 is 12.1 Å². The van der Waals surface area contributed by atoms with Crippen LogP contribution in [0.3, 0.4) is 0 Å². The molecule has 0 spiro atoms. The van der Waals surface area contributed by atoms with Crippen LogP contribution in [0.25, 0.3) is 0 Å². The smallest absolute Gasteiger partial charge is 0.256 e. The number of nitrogens with one attached hydrogen (secondary N) is 3. The lowest BCUT2D eigenvalue weighted by Gasteiger charge is -2.33. The molecule has 206 valence electrons. The zero-order valence-corrected chi connectivity index (χ0v) is 25.0. The van der Waals surface area contributed by atoms with Gasteiger partial charge in [0.15, 0.2) is 0 Å². The van der Waals surface area contributed by atoms with Crippen LogP contribution in [0.5, 0.6) is 0 Å². The van der Waals surface area contributed by atoms with Gasteiger partial charge in [0, 0.05) is 47.3 Å². The lowest BCUT2D eigenvalue weighted by atomic mass is 9.71. The van der Waals surface area contributed by atoms with Gasteiger partial charge in [0.25, 0.3) is 5.91 Å². The number of carbonyl (C=O) groups is 1. The van der Waals surface area contributed by atoms with E-state index < -0.39 is 0 Å². The summed E-state index contributed by atoms with van der Waals surface area (Å²) in [7, 11) is 0. The highest BCUT2D eigenvalue weighted by atomic mass is 16.2. The Balaban J connectivity index is 1.86. The van der Waals surface area contributed by atoms with E-state index in [-0.39, 0.29) is 17.7 Å². The van der Waals surface area contributed by atoms with Crippen molar-refractivity contribution in [3.05, 3.63) is 104 Å². The van der Waals surface area contributed by atoms with Crippen LogP contribution in [-0.2, 0) is 11.2 Å². The summed E-state index contributed by atoms with van der Waals surface area (Å²) in [6, 6.07) is 6.83. The minimum Gasteiger partial charge on any atom is -0.391 e. The Hall–Kier alpha value is -3.40. The second kappa shape index (κ2) is 11.8. The van der Waals surface area contributed by atoms with Crippen LogP contribution in [0.4, 0.5) is 0 Å². The van der Waals surface area contributed by atoms with E-state index in [0.717, 1.165) is 52.9 Å². The molecule has 1 heterocycles. The molecule has 4 rings (SSSR count). The Morgan fingerprint density at radius 1 is 1.08 bits per heavy atom. The standard InChI is InChI=1S/C35H45N3O/c1-9-25-13-12-20(4)28(14-25)30-17-31-32(35(39)38-33(31)15-26(30)10-2)16-29-22(6)21(5)23(7)34(24(29)8)27(18-36)19-37-11-3/h12-19,21-22,26,30,36-37H,9-11H2,1-8H3,(H,38,39)/b27-19+,32-16-,36-18?. The zero-order chi connectivity index (χ0) is 28.4. The fourth-order valence-electron chi connectivity index (χ4n) is 6.45. The summed E-state index contributed by atoms with van der Waals surface area (Å²) in [4.78, 5) is 13.4. The van der Waals surface area contributed by atoms with Crippen molar-refractivity contribution in [2.75, 3.05) is 6.54 Å². The molecule has 3 N–H and O–H groups in total. The molecular formula is C35H45N3O. The number of benzene rings is 1. The van der Waals surface area contributed by atoms with Gasteiger partial charge in [-0.05, 0) is 97.8 Å². The molecule has 4 heteroatoms. The van der Waals surface area contributed by atoms with E-state index in [1.807, 2.05) is 6.20 Å². The SMILES string of the molecule is CCN/C=C(\C=N)C1=C(C)C(C)C(C)C(/C=C2\C(=O)NC3=CC(CC)C(c4cc(CC)ccc4C)C=C32)=C1C. The van der Waals surface area contributed by atoms with Gasteiger partial charge in [-0.15, -0.1) is 0 Å². The summed E-state index contributed by atoms with van der Waals surface area (Å²) in [5.74, 6) is 1.12. The van der Waals surface area contributed by atoms with Crippen molar-refractivity contribution in [1.82, 2.24) is 10.6 Å². The van der Waals surface area contributed by atoms with Crippen molar-refractivity contribution < 1.29 is 4.79 Å². The minimum atomic E-state index is -0.0227. The summed E-state index contributed by atoms with van der Waals surface area (Å²) >= 11 is 0. The topological polar surface area (TPSA) is 65.0 Å². The van der Waals surface area contributed by atoms with Crippen LogP contribution in [0.1, 0.15) is 77.5 Å². The number of aryl methyl sites for hydroxylation is 2. The first-order valence-electron chi connectivity index (χ1n) is 14.6. The molecule has 1 aliphatic heterocycles. The van der Waals surface area contributed by atoms with Crippen LogP contribution in [0.15, 0.2) is 87.3 Å². The van der Waals surface area contributed by atoms with Crippen molar-refractivity contribution in [3.63, 3.8) is 0 Å². The second-order valence-electron chi connectivity index (χ2n) is 11.3. The van der Waals surface area contributed by atoms with Gasteiger partial charge in [0.05, 0.1) is 0 Å². The van der Waals surface area contributed by atoms with Gasteiger partial charge >= 0.3 is 0 Å². The van der Waals surface area contributed by atoms with Gasteiger partial charge < -0.3 is 16.0 Å². The van der Waals surface area contributed by atoms with Crippen LogP contribution in [-0.4, -0.2) is 18.7 Å². The molecule has 1 aromatic carbocycles. The molecule has 0 saturated carbocycles. The lowest BCUT2D eigenvalue weighted by molar-refractivity contribution is -0.115. The van der Waals surface area contributed by atoms with E-state index in [1.54, 1.807) is 0 Å². The number of carbonyl (C=O) groups excluding carboxylic acids is 1. The van der Waals surface area contributed by atoms with Crippen molar-refractivity contribution in [2.45, 2.75) is 74.1 Å². The molecule has 39 heavy (non-hydrogen) atoms. The van der Waals surface area contributed by atoms with Crippen LogP contribution >= 0.6 is 0 Å². The number of hydrogen-bond donors (Lipinski definition) is 3. The van der Waals surface area contributed by atoms with Crippen molar-refractivity contribution in [3.8, 4) is 0 Å². The van der Waals surface area contributed by atoms with E-state index in [4.69, 9.17) is 5.41 Å². The predicted octanol–water partition coefficient (Wildman–Crippen LogP) is 7.61. The monoisotopic (exact) mass is 523 g/mol. The van der Waals surface area contributed by atoms with E-state index in [2.05, 4.69) is 102 Å². The second-order valence-corrected chi connectivity index (χ2v) is 11.3. The van der Waals surface area contributed by atoms with Crippen LogP contribution < -0.4 is 10.6 Å². The molecule has 4 unspecified atom stereocenters. The maximum Gasteiger partial charge on any atom is 0.256 e. The van der Waals surface area contributed by atoms with Crippen LogP contribution in [0, 0.1) is 30.1 Å². The molecule has 0 radical (unpaired) electrons. The first-order chi connectivity index (χ1) is 18.7. The molecule has 3 aliphatic rings. The van der Waals surface area contributed by atoms with Crippen molar-refractivity contribution in [1.29, 1.82) is 5.41 Å². The molecule has 4 atom stereocenters. The van der Waals surface area contributed by atoms with E-state index in [9.17, 15) is 4.79 Å².